The number of esters is 2. The van der Waals surface area contributed by atoms with Gasteiger partial charge in [-0.2, -0.15) is 0 Å². The molecule has 1 amide bonds. The number of nitrogens with one attached hydrogen (secondary N) is 2. The van der Waals surface area contributed by atoms with E-state index in [2.05, 4.69) is 20.4 Å². The number of nitrogens with zero attached hydrogens (tertiary/aromatic N) is 4. The molecule has 2 atom stereocenters. The molecular weight excluding hydrogens is 644 g/mol. The zero-order valence-corrected chi connectivity index (χ0v) is 29.6. The molecule has 14 nitrogen and oxygen atoms in total. The fraction of sp³-hybridized carbons (Fsp3) is 0.556. The molecule has 1 fully saturated rings. The summed E-state index contributed by atoms with van der Waals surface area (Å²) in [6.07, 6.45) is 0.110. The second-order valence-corrected chi connectivity index (χ2v) is 12.6. The topological polar surface area (TPSA) is 164 Å². The largest absolute Gasteiger partial charge is 0.466 e. The summed E-state index contributed by atoms with van der Waals surface area (Å²) in [5, 5.41) is 7.05. The maximum atomic E-state index is 13.1. The maximum absolute atomic E-state index is 13.1. The third kappa shape index (κ3) is 11.4. The number of carbonyl (C=O) groups excluding carboxylic acids is 4. The number of para-hydroxylation sites is 1. The van der Waals surface area contributed by atoms with Gasteiger partial charge in [0.15, 0.2) is 0 Å². The number of ether oxygens (including phenoxy) is 2. The highest BCUT2D eigenvalue weighted by molar-refractivity contribution is 5.88. The molecule has 1 saturated heterocycles. The van der Waals surface area contributed by atoms with Crippen LogP contribution in [0, 0.1) is 5.92 Å². The van der Waals surface area contributed by atoms with E-state index in [-0.39, 0.29) is 61.5 Å². The molecule has 272 valence electrons. The minimum absolute atomic E-state index is 0.0307. The number of carbonyl (C=O) groups is 4. The zero-order chi connectivity index (χ0) is 36.0. The van der Waals surface area contributed by atoms with Crippen molar-refractivity contribution < 1.29 is 33.1 Å². The second-order valence-electron chi connectivity index (χ2n) is 12.6. The highest BCUT2D eigenvalue weighted by atomic mass is 16.5. The van der Waals surface area contributed by atoms with E-state index in [1.807, 2.05) is 17.0 Å². The van der Waals surface area contributed by atoms with Crippen molar-refractivity contribution in [3.8, 4) is 0 Å². The molecule has 3 heterocycles. The van der Waals surface area contributed by atoms with Crippen molar-refractivity contribution in [3.05, 3.63) is 52.3 Å². The van der Waals surface area contributed by atoms with E-state index in [9.17, 15) is 24.0 Å². The Labute approximate surface area is 292 Å². The van der Waals surface area contributed by atoms with Crippen LogP contribution in [0.5, 0.6) is 0 Å². The van der Waals surface area contributed by atoms with Gasteiger partial charge in [-0.15, -0.1) is 0 Å². The summed E-state index contributed by atoms with van der Waals surface area (Å²) >= 11 is 0. The van der Waals surface area contributed by atoms with Crippen LogP contribution >= 0.6 is 0 Å². The van der Waals surface area contributed by atoms with Gasteiger partial charge in [0.25, 0.3) is 0 Å². The second kappa shape index (κ2) is 19.2. The fourth-order valence-electron chi connectivity index (χ4n) is 5.85. The number of aromatic nitrogens is 1. The van der Waals surface area contributed by atoms with Crippen molar-refractivity contribution in [1.29, 1.82) is 0 Å². The average molecular weight is 695 g/mol. The highest BCUT2D eigenvalue weighted by Gasteiger charge is 2.23. The average Bonchev–Trinajstić information content (AvgIpc) is 3.08. The number of pyridine rings is 1. The molecular formula is C36H50N6O8. The van der Waals surface area contributed by atoms with Crippen LogP contribution in [-0.4, -0.2) is 128 Å². The van der Waals surface area contributed by atoms with Gasteiger partial charge in [0.2, 0.25) is 17.0 Å². The predicted molar refractivity (Wildman–Crippen MR) is 188 cm³/mol. The van der Waals surface area contributed by atoms with Crippen LogP contribution in [-0.2, 0) is 35.2 Å². The number of ketones is 1. The van der Waals surface area contributed by atoms with Crippen molar-refractivity contribution in [2.24, 2.45) is 5.92 Å². The Hall–Kier alpha value is -4.24. The summed E-state index contributed by atoms with van der Waals surface area (Å²) in [4.78, 5) is 74.3. The van der Waals surface area contributed by atoms with Gasteiger partial charge in [0.1, 0.15) is 17.4 Å². The first kappa shape index (κ1) is 38.6. The minimum atomic E-state index is -0.755. The van der Waals surface area contributed by atoms with Crippen LogP contribution in [0.3, 0.4) is 0 Å². The van der Waals surface area contributed by atoms with E-state index < -0.39 is 17.9 Å². The normalized spacial score (nSPS) is 17.0. The number of hydrogen-bond donors (Lipinski definition) is 2. The van der Waals surface area contributed by atoms with Gasteiger partial charge in [0.05, 0.1) is 48.7 Å². The van der Waals surface area contributed by atoms with Crippen molar-refractivity contribution >= 4 is 45.7 Å². The molecule has 0 bridgehead atoms. The molecule has 0 saturated carbocycles. The molecule has 1 aliphatic heterocycles. The predicted octanol–water partition coefficient (Wildman–Crippen LogP) is 1.58. The highest BCUT2D eigenvalue weighted by Crippen LogP contribution is 2.18. The molecule has 4 rings (SSSR count). The molecule has 0 spiro atoms. The summed E-state index contributed by atoms with van der Waals surface area (Å²) in [5.41, 5.74) is 1.31. The Kier molecular flexibility index (Phi) is 14.8. The molecule has 0 aliphatic carbocycles. The van der Waals surface area contributed by atoms with Crippen LogP contribution in [0.2, 0.25) is 0 Å². The van der Waals surface area contributed by atoms with E-state index in [4.69, 9.17) is 18.9 Å². The molecule has 14 heteroatoms. The smallest absolute Gasteiger partial charge is 0.328 e. The number of rotatable bonds is 13. The monoisotopic (exact) mass is 694 g/mol. The van der Waals surface area contributed by atoms with E-state index >= 15 is 0 Å². The number of hydrogen-bond acceptors (Lipinski definition) is 13. The summed E-state index contributed by atoms with van der Waals surface area (Å²) in [6, 6.07) is 9.91. The first-order valence-electron chi connectivity index (χ1n) is 17.4. The standard InChI is InChI=1S/C36H50N6O8/c1-5-48-35(46)25(3)21-28(43)23-40-15-13-37-14-16-41(24-32(44)38-26(4)36(47)49-6-2)18-20-42(19-17-40)22-27-11-12-30-33(45)29-9-7-8-10-31(29)50-34(30)39-27/h7-12,25-26,37H,5-6,13-24H2,1-4H3,(H,38,44)/t25-,26+/m1/s1. The minimum Gasteiger partial charge on any atom is -0.466 e. The molecule has 1 aliphatic rings. The lowest BCUT2D eigenvalue weighted by Crippen LogP contribution is -2.49. The summed E-state index contributed by atoms with van der Waals surface area (Å²) in [5.74, 6) is -1.67. The molecule has 3 aromatic rings. The first-order valence-corrected chi connectivity index (χ1v) is 17.4. The van der Waals surface area contributed by atoms with Crippen LogP contribution in [0.4, 0.5) is 0 Å². The molecule has 1 aromatic carbocycles. The van der Waals surface area contributed by atoms with Crippen LogP contribution in [0.25, 0.3) is 22.1 Å². The van der Waals surface area contributed by atoms with Gasteiger partial charge in [-0.05, 0) is 45.0 Å². The van der Waals surface area contributed by atoms with E-state index in [0.29, 0.717) is 81.0 Å². The number of fused-ring (bicyclic) bond motifs is 2. The lowest BCUT2D eigenvalue weighted by atomic mass is 10.0. The lowest BCUT2D eigenvalue weighted by molar-refractivity contribution is -0.149. The SMILES string of the molecule is CCOC(=O)[C@H](C)CC(=O)CN1CCNCCN(CC(=O)N[C@@H](C)C(=O)OCC)CCN(Cc2ccc3c(=O)c4ccccc4oc3n2)CC1. The number of amides is 1. The Balaban J connectivity index is 1.50. The Morgan fingerprint density at radius 2 is 1.48 bits per heavy atom. The van der Waals surface area contributed by atoms with Crippen molar-refractivity contribution in [1.82, 2.24) is 30.3 Å². The molecule has 2 aromatic heterocycles. The summed E-state index contributed by atoms with van der Waals surface area (Å²) in [7, 11) is 0. The van der Waals surface area contributed by atoms with E-state index in [0.717, 1.165) is 0 Å². The van der Waals surface area contributed by atoms with Gasteiger partial charge < -0.3 is 24.5 Å². The molecule has 0 radical (unpaired) electrons. The maximum Gasteiger partial charge on any atom is 0.328 e. The summed E-state index contributed by atoms with van der Waals surface area (Å²) in [6.45, 7) is 12.7. The molecule has 2 N–H and O–H groups in total. The first-order chi connectivity index (χ1) is 24.1. The Bertz CT molecular complexity index is 1630. The third-order valence-electron chi connectivity index (χ3n) is 8.57. The van der Waals surface area contributed by atoms with Crippen LogP contribution in [0.1, 0.15) is 39.8 Å². The lowest BCUT2D eigenvalue weighted by Gasteiger charge is -2.31. The molecule has 50 heavy (non-hydrogen) atoms. The number of Topliss-reactive ketones (excluding diaryl/α,β-unsaturated/α-hetero) is 1. The third-order valence-corrected chi connectivity index (χ3v) is 8.57. The van der Waals surface area contributed by atoms with Crippen molar-refractivity contribution in [3.63, 3.8) is 0 Å². The Morgan fingerprint density at radius 1 is 0.840 bits per heavy atom. The van der Waals surface area contributed by atoms with Crippen molar-refractivity contribution in [2.75, 3.05) is 78.7 Å². The van der Waals surface area contributed by atoms with Gasteiger partial charge in [-0.1, -0.05) is 19.1 Å². The number of benzene rings is 1. The van der Waals surface area contributed by atoms with Gasteiger partial charge in [-0.25, -0.2) is 9.78 Å². The van der Waals surface area contributed by atoms with Gasteiger partial charge >= 0.3 is 11.9 Å². The van der Waals surface area contributed by atoms with Gasteiger partial charge in [-0.3, -0.25) is 33.9 Å². The van der Waals surface area contributed by atoms with Crippen LogP contribution in [0.15, 0.2) is 45.6 Å². The molecule has 0 unspecified atom stereocenters. The van der Waals surface area contributed by atoms with E-state index in [1.54, 1.807) is 52.0 Å². The quantitative estimate of drug-likeness (QED) is 0.196. The summed E-state index contributed by atoms with van der Waals surface area (Å²) < 4.78 is 16.1. The van der Waals surface area contributed by atoms with Gasteiger partial charge in [0, 0.05) is 65.3 Å². The Morgan fingerprint density at radius 3 is 2.18 bits per heavy atom. The fourth-order valence-corrected chi connectivity index (χ4v) is 5.85. The van der Waals surface area contributed by atoms with Crippen molar-refractivity contribution in [2.45, 2.75) is 46.7 Å². The zero-order valence-electron chi connectivity index (χ0n) is 29.6. The van der Waals surface area contributed by atoms with Crippen LogP contribution < -0.4 is 16.1 Å². The van der Waals surface area contributed by atoms with E-state index in [1.165, 1.54) is 0 Å².